The lowest BCUT2D eigenvalue weighted by molar-refractivity contribution is -0.159. The normalized spacial score (nSPS) is 21.9. The van der Waals surface area contributed by atoms with Crippen LogP contribution in [0.15, 0.2) is 11.0 Å². The van der Waals surface area contributed by atoms with E-state index < -0.39 is 48.8 Å². The first-order valence-corrected chi connectivity index (χ1v) is 10.1. The molecule has 1 fully saturated rings. The predicted molar refractivity (Wildman–Crippen MR) is 107 cm³/mol. The molecule has 0 saturated carbocycles. The van der Waals surface area contributed by atoms with Crippen molar-refractivity contribution in [3.05, 3.63) is 16.7 Å². The minimum Gasteiger partial charge on any atom is -0.458 e. The lowest BCUT2D eigenvalue weighted by atomic mass is 10.1. The molecule has 1 aliphatic heterocycles. The van der Waals surface area contributed by atoms with E-state index in [1.54, 1.807) is 0 Å². The van der Waals surface area contributed by atoms with E-state index in [0.717, 1.165) is 19.8 Å². The average Bonchev–Trinajstić information content (AvgIpc) is 3.21. The Morgan fingerprint density at radius 3 is 2.74 bits per heavy atom. The van der Waals surface area contributed by atoms with Gasteiger partial charge in [0.1, 0.15) is 24.4 Å². The van der Waals surface area contributed by atoms with Crippen molar-refractivity contribution in [2.75, 3.05) is 12.4 Å². The lowest BCUT2D eigenvalue weighted by Gasteiger charge is -2.21. The second kappa shape index (κ2) is 9.41. The summed E-state index contributed by atoms with van der Waals surface area (Å²) in [5.74, 6) is -1.32. The number of fused-ring (bicyclic) bond motifs is 1. The smallest absolute Gasteiger partial charge is 0.332 e. The number of ether oxygens (including phenoxy) is 3. The SMILES string of the molecule is CCCCn1c(=O)n(C2OC([C@H](CF)OC(C)=O)CC2OC(C)=O)c2nc(N)ncc21. The van der Waals surface area contributed by atoms with Crippen LogP contribution in [0.3, 0.4) is 0 Å². The van der Waals surface area contributed by atoms with Crippen LogP contribution in [0.25, 0.3) is 11.2 Å². The van der Waals surface area contributed by atoms with Gasteiger partial charge in [-0.1, -0.05) is 13.3 Å². The van der Waals surface area contributed by atoms with Crippen molar-refractivity contribution >= 4 is 29.1 Å². The number of rotatable bonds is 8. The molecule has 0 radical (unpaired) electrons. The first kappa shape index (κ1) is 22.7. The average molecular weight is 439 g/mol. The van der Waals surface area contributed by atoms with Crippen molar-refractivity contribution in [3.63, 3.8) is 0 Å². The number of nitrogens with two attached hydrogens (primary N) is 1. The number of nitrogens with zero attached hydrogens (tertiary/aromatic N) is 4. The second-order valence-electron chi connectivity index (χ2n) is 7.35. The lowest BCUT2D eigenvalue weighted by Crippen LogP contribution is -2.34. The Balaban J connectivity index is 2.08. The van der Waals surface area contributed by atoms with Gasteiger partial charge in [0.2, 0.25) is 5.95 Å². The first-order chi connectivity index (χ1) is 14.8. The molecular weight excluding hydrogens is 413 g/mol. The molecule has 11 nitrogen and oxygen atoms in total. The van der Waals surface area contributed by atoms with Gasteiger partial charge in [-0.25, -0.2) is 18.7 Å². The number of esters is 2. The third-order valence-corrected chi connectivity index (χ3v) is 5.01. The van der Waals surface area contributed by atoms with Crippen LogP contribution in [0.4, 0.5) is 10.3 Å². The molecule has 0 bridgehead atoms. The number of carbonyl (C=O) groups is 2. The molecule has 170 valence electrons. The summed E-state index contributed by atoms with van der Waals surface area (Å²) in [5, 5.41) is 0. The topological polar surface area (TPSA) is 141 Å². The predicted octanol–water partition coefficient (Wildman–Crippen LogP) is 1.10. The Morgan fingerprint density at radius 1 is 1.39 bits per heavy atom. The largest absolute Gasteiger partial charge is 0.458 e. The Kier molecular flexibility index (Phi) is 6.88. The molecule has 2 aromatic heterocycles. The van der Waals surface area contributed by atoms with Crippen molar-refractivity contribution in [2.45, 2.75) is 71.1 Å². The Bertz CT molecular complexity index is 1020. The van der Waals surface area contributed by atoms with Crippen LogP contribution in [-0.2, 0) is 30.3 Å². The molecule has 1 aliphatic rings. The van der Waals surface area contributed by atoms with E-state index >= 15 is 0 Å². The fourth-order valence-electron chi connectivity index (χ4n) is 3.71. The molecule has 3 heterocycles. The highest BCUT2D eigenvalue weighted by molar-refractivity contribution is 5.72. The fourth-order valence-corrected chi connectivity index (χ4v) is 3.71. The summed E-state index contributed by atoms with van der Waals surface area (Å²) in [5.41, 5.74) is 5.95. The summed E-state index contributed by atoms with van der Waals surface area (Å²) >= 11 is 0. The van der Waals surface area contributed by atoms with Gasteiger partial charge in [0.15, 0.2) is 18.0 Å². The maximum Gasteiger partial charge on any atom is 0.332 e. The third-order valence-electron chi connectivity index (χ3n) is 5.01. The van der Waals surface area contributed by atoms with Crippen LogP contribution < -0.4 is 11.4 Å². The maximum absolute atomic E-state index is 13.5. The summed E-state index contributed by atoms with van der Waals surface area (Å²) in [7, 11) is 0. The number of halogens is 1. The number of aryl methyl sites for hydroxylation is 1. The molecule has 0 aromatic carbocycles. The summed E-state index contributed by atoms with van der Waals surface area (Å²) < 4.78 is 32.6. The van der Waals surface area contributed by atoms with Crippen LogP contribution in [0.5, 0.6) is 0 Å². The zero-order chi connectivity index (χ0) is 22.7. The van der Waals surface area contributed by atoms with E-state index in [0.29, 0.717) is 12.1 Å². The number of anilines is 1. The Morgan fingerprint density at radius 2 is 2.13 bits per heavy atom. The summed E-state index contributed by atoms with van der Waals surface area (Å²) in [6.07, 6.45) is -1.10. The number of aromatic nitrogens is 4. The zero-order valence-electron chi connectivity index (χ0n) is 17.6. The molecule has 31 heavy (non-hydrogen) atoms. The highest BCUT2D eigenvalue weighted by atomic mass is 19.1. The van der Waals surface area contributed by atoms with Gasteiger partial charge in [-0.2, -0.15) is 4.98 Å². The van der Waals surface area contributed by atoms with Crippen molar-refractivity contribution in [1.29, 1.82) is 0 Å². The van der Waals surface area contributed by atoms with Crippen LogP contribution in [0.2, 0.25) is 0 Å². The number of alkyl halides is 1. The van der Waals surface area contributed by atoms with Gasteiger partial charge in [0.05, 0.1) is 6.20 Å². The number of carbonyl (C=O) groups excluding carboxylic acids is 2. The minimum absolute atomic E-state index is 0.0285. The van der Waals surface area contributed by atoms with Crippen molar-refractivity contribution in [3.8, 4) is 0 Å². The molecule has 1 saturated heterocycles. The van der Waals surface area contributed by atoms with E-state index in [1.807, 2.05) is 6.92 Å². The van der Waals surface area contributed by atoms with E-state index in [1.165, 1.54) is 22.3 Å². The third kappa shape index (κ3) is 4.68. The Labute approximate surface area is 177 Å². The molecule has 2 N–H and O–H groups in total. The van der Waals surface area contributed by atoms with Crippen LogP contribution >= 0.6 is 0 Å². The number of hydrogen-bond donors (Lipinski definition) is 1. The van der Waals surface area contributed by atoms with Gasteiger partial charge >= 0.3 is 17.6 Å². The van der Waals surface area contributed by atoms with Gasteiger partial charge in [-0.3, -0.25) is 14.2 Å². The van der Waals surface area contributed by atoms with Crippen molar-refractivity contribution in [1.82, 2.24) is 19.1 Å². The van der Waals surface area contributed by atoms with Crippen LogP contribution in [0, 0.1) is 0 Å². The van der Waals surface area contributed by atoms with E-state index in [-0.39, 0.29) is 18.0 Å². The molecule has 4 atom stereocenters. The standard InChI is InChI=1S/C19H26FN5O6/c1-4-5-6-24-12-9-22-18(21)23-16(12)25(19(24)28)17-14(29-10(2)26)7-13(31-17)15(8-20)30-11(3)27/h9,13-15,17H,4-8H2,1-3H3,(H2,21,22,23)/t13?,14?,15-,17?/m0/s1. The van der Waals surface area contributed by atoms with Crippen molar-refractivity contribution in [2.24, 2.45) is 0 Å². The summed E-state index contributed by atoms with van der Waals surface area (Å²) in [4.78, 5) is 44.5. The van der Waals surface area contributed by atoms with E-state index in [9.17, 15) is 18.8 Å². The van der Waals surface area contributed by atoms with Crippen LogP contribution in [-0.4, -0.2) is 56.0 Å². The highest BCUT2D eigenvalue weighted by Gasteiger charge is 2.45. The molecule has 0 aliphatic carbocycles. The van der Waals surface area contributed by atoms with E-state index in [2.05, 4.69) is 9.97 Å². The zero-order valence-corrected chi connectivity index (χ0v) is 17.6. The molecule has 0 spiro atoms. The van der Waals surface area contributed by atoms with Crippen molar-refractivity contribution < 1.29 is 28.2 Å². The summed E-state index contributed by atoms with van der Waals surface area (Å²) in [6, 6.07) is 0. The monoisotopic (exact) mass is 439 g/mol. The van der Waals surface area contributed by atoms with Gasteiger partial charge < -0.3 is 19.9 Å². The number of unbranched alkanes of at least 4 members (excludes halogenated alkanes) is 1. The van der Waals surface area contributed by atoms with Gasteiger partial charge in [0, 0.05) is 26.8 Å². The van der Waals surface area contributed by atoms with Gasteiger partial charge in [0.25, 0.3) is 0 Å². The molecule has 3 unspecified atom stereocenters. The highest BCUT2D eigenvalue weighted by Crippen LogP contribution is 2.35. The molecular formula is C19H26FN5O6. The quantitative estimate of drug-likeness (QED) is 0.598. The van der Waals surface area contributed by atoms with Crippen LogP contribution in [0.1, 0.15) is 46.3 Å². The number of hydrogen-bond acceptors (Lipinski definition) is 9. The summed E-state index contributed by atoms with van der Waals surface area (Å²) in [6.45, 7) is 3.79. The molecule has 2 aromatic rings. The maximum atomic E-state index is 13.5. The fraction of sp³-hybridized carbons (Fsp3) is 0.632. The molecule has 0 amide bonds. The second-order valence-corrected chi connectivity index (χ2v) is 7.35. The number of nitrogen functional groups attached to an aromatic ring is 1. The first-order valence-electron chi connectivity index (χ1n) is 10.1. The number of imidazole rings is 1. The molecule has 3 rings (SSSR count). The molecule has 12 heteroatoms. The van der Waals surface area contributed by atoms with E-state index in [4.69, 9.17) is 19.9 Å². The van der Waals surface area contributed by atoms with Gasteiger partial charge in [-0.05, 0) is 6.42 Å². The Hall–Kier alpha value is -3.02. The minimum atomic E-state index is -1.20. The van der Waals surface area contributed by atoms with Gasteiger partial charge in [-0.15, -0.1) is 0 Å².